The van der Waals surface area contributed by atoms with Crippen LogP contribution in [0, 0.1) is 6.92 Å². The fourth-order valence-electron chi connectivity index (χ4n) is 1.96. The van der Waals surface area contributed by atoms with E-state index in [2.05, 4.69) is 19.1 Å². The highest BCUT2D eigenvalue weighted by Gasteiger charge is 2.07. The zero-order valence-electron chi connectivity index (χ0n) is 8.45. The molecular weight excluding hydrogens is 183 g/mol. The molecule has 0 bridgehead atoms. The van der Waals surface area contributed by atoms with Gasteiger partial charge in [0.15, 0.2) is 0 Å². The molecule has 2 radical (unpaired) electrons. The van der Waals surface area contributed by atoms with Crippen LogP contribution >= 0.6 is 0 Å². The first-order valence-corrected chi connectivity index (χ1v) is 4.93. The summed E-state index contributed by atoms with van der Waals surface area (Å²) in [7, 11) is 5.94. The predicted octanol–water partition coefficient (Wildman–Crippen LogP) is 2.69. The van der Waals surface area contributed by atoms with Crippen LogP contribution in [0.4, 0.5) is 0 Å². The van der Waals surface area contributed by atoms with E-state index in [-0.39, 0.29) is 0 Å². The van der Waals surface area contributed by atoms with Gasteiger partial charge in [-0.05, 0) is 24.6 Å². The average Bonchev–Trinajstić information content (AvgIpc) is 2.56. The zero-order valence-corrected chi connectivity index (χ0v) is 8.45. The first-order chi connectivity index (χ1) is 7.25. The Balaban J connectivity index is 2.59. The summed E-state index contributed by atoms with van der Waals surface area (Å²) in [6, 6.07) is 11.9. The summed E-state index contributed by atoms with van der Waals surface area (Å²) in [5, 5.41) is 2.11. The normalized spacial score (nSPS) is 11.3. The molecule has 0 saturated carbocycles. The van der Waals surface area contributed by atoms with Crippen molar-refractivity contribution in [2.45, 2.75) is 6.92 Å². The Labute approximate surface area is 89.1 Å². The van der Waals surface area contributed by atoms with Crippen molar-refractivity contribution in [3.05, 3.63) is 42.0 Å². The molecule has 0 spiro atoms. The lowest BCUT2D eigenvalue weighted by Crippen LogP contribution is -2.00. The van der Waals surface area contributed by atoms with Gasteiger partial charge in [0.05, 0.1) is 0 Å². The molecule has 70 valence electrons. The maximum Gasteiger partial charge on any atom is 0.135 e. The number of hydrogen-bond donors (Lipinski definition) is 0. The van der Waals surface area contributed by atoms with Gasteiger partial charge in [0.2, 0.25) is 0 Å². The van der Waals surface area contributed by atoms with Crippen molar-refractivity contribution in [2.75, 3.05) is 0 Å². The van der Waals surface area contributed by atoms with Gasteiger partial charge in [-0.3, -0.25) is 0 Å². The number of aryl methyl sites for hydroxylation is 1. The summed E-state index contributed by atoms with van der Waals surface area (Å²) in [4.78, 5) is 0. The van der Waals surface area contributed by atoms with Gasteiger partial charge >= 0.3 is 0 Å². The van der Waals surface area contributed by atoms with Crippen LogP contribution in [0.2, 0.25) is 0 Å². The van der Waals surface area contributed by atoms with Gasteiger partial charge in [0, 0.05) is 10.8 Å². The third-order valence-corrected chi connectivity index (χ3v) is 2.68. The van der Waals surface area contributed by atoms with Crippen LogP contribution in [-0.2, 0) is 0 Å². The third-order valence-electron chi connectivity index (χ3n) is 2.68. The van der Waals surface area contributed by atoms with Crippen molar-refractivity contribution in [3.63, 3.8) is 0 Å². The van der Waals surface area contributed by atoms with Crippen molar-refractivity contribution < 1.29 is 4.42 Å². The molecule has 0 N–H and O–H groups in total. The summed E-state index contributed by atoms with van der Waals surface area (Å²) in [5.74, 6) is 0. The second-order valence-corrected chi connectivity index (χ2v) is 3.82. The molecule has 0 aliphatic rings. The molecular formula is C13H9BO. The smallest absolute Gasteiger partial charge is 0.135 e. The lowest BCUT2D eigenvalue weighted by molar-refractivity contribution is 0.668. The summed E-state index contributed by atoms with van der Waals surface area (Å²) in [6.45, 7) is 2.05. The first-order valence-electron chi connectivity index (χ1n) is 4.93. The van der Waals surface area contributed by atoms with E-state index in [4.69, 9.17) is 12.3 Å². The maximum atomic E-state index is 5.94. The van der Waals surface area contributed by atoms with Crippen molar-refractivity contribution in [3.8, 4) is 0 Å². The lowest BCUT2D eigenvalue weighted by Gasteiger charge is -1.94. The van der Waals surface area contributed by atoms with Crippen molar-refractivity contribution in [1.82, 2.24) is 0 Å². The van der Waals surface area contributed by atoms with E-state index < -0.39 is 0 Å². The molecule has 15 heavy (non-hydrogen) atoms. The summed E-state index contributed by atoms with van der Waals surface area (Å²) in [5.41, 5.74) is 3.73. The quantitative estimate of drug-likeness (QED) is 0.499. The second kappa shape index (κ2) is 2.90. The van der Waals surface area contributed by atoms with Gasteiger partial charge in [0.25, 0.3) is 0 Å². The molecule has 0 unspecified atom stereocenters. The van der Waals surface area contributed by atoms with Gasteiger partial charge in [-0.2, -0.15) is 0 Å². The molecule has 3 aromatic rings. The highest BCUT2D eigenvalue weighted by molar-refractivity contribution is 6.41. The number of fused-ring (bicyclic) bond motifs is 3. The van der Waals surface area contributed by atoms with Crippen molar-refractivity contribution in [1.29, 1.82) is 0 Å². The standard InChI is InChI=1S/C13H9BO/c1-8-5-6-9-12(7-8)15-11-4-2-3-10(14)13(9)11/h2-7H,1H3. The number of rotatable bonds is 0. The third kappa shape index (κ3) is 1.18. The molecule has 0 amide bonds. The molecule has 0 atom stereocenters. The van der Waals surface area contributed by atoms with E-state index >= 15 is 0 Å². The average molecular weight is 192 g/mol. The minimum Gasteiger partial charge on any atom is -0.456 e. The SMILES string of the molecule is [B]c1cccc2oc3cc(C)ccc3c12. The van der Waals surface area contributed by atoms with Crippen LogP contribution in [0.5, 0.6) is 0 Å². The Bertz CT molecular complexity index is 652. The Kier molecular flexibility index (Phi) is 1.66. The second-order valence-electron chi connectivity index (χ2n) is 3.82. The maximum absolute atomic E-state index is 5.94. The highest BCUT2D eigenvalue weighted by Crippen LogP contribution is 2.27. The zero-order chi connectivity index (χ0) is 10.4. The predicted molar refractivity (Wildman–Crippen MR) is 63.8 cm³/mol. The first kappa shape index (κ1) is 8.60. The summed E-state index contributed by atoms with van der Waals surface area (Å²) >= 11 is 0. The fourth-order valence-corrected chi connectivity index (χ4v) is 1.96. The van der Waals surface area contributed by atoms with Crippen molar-refractivity contribution in [2.24, 2.45) is 0 Å². The monoisotopic (exact) mass is 192 g/mol. The van der Waals surface area contributed by atoms with Crippen molar-refractivity contribution >= 4 is 35.2 Å². The Hall–Kier alpha value is -1.70. The molecule has 2 aromatic carbocycles. The molecule has 0 aliphatic carbocycles. The van der Waals surface area contributed by atoms with Gasteiger partial charge in [0.1, 0.15) is 19.0 Å². The number of hydrogen-bond acceptors (Lipinski definition) is 1. The summed E-state index contributed by atoms with van der Waals surface area (Å²) in [6.07, 6.45) is 0. The Morgan fingerprint density at radius 2 is 1.93 bits per heavy atom. The van der Waals surface area contributed by atoms with Crippen LogP contribution in [0.1, 0.15) is 5.56 Å². The fraction of sp³-hybridized carbons (Fsp3) is 0.0769. The molecule has 1 heterocycles. The topological polar surface area (TPSA) is 13.1 Å². The largest absolute Gasteiger partial charge is 0.456 e. The van der Waals surface area contributed by atoms with Gasteiger partial charge in [-0.15, -0.1) is 0 Å². The van der Waals surface area contributed by atoms with E-state index in [1.54, 1.807) is 0 Å². The van der Waals surface area contributed by atoms with Gasteiger partial charge in [-0.25, -0.2) is 0 Å². The number of furan rings is 1. The Morgan fingerprint density at radius 1 is 1.07 bits per heavy atom. The van der Waals surface area contributed by atoms with Crippen LogP contribution in [0.25, 0.3) is 21.9 Å². The van der Waals surface area contributed by atoms with Gasteiger partial charge < -0.3 is 4.42 Å². The minimum absolute atomic E-state index is 0.773. The summed E-state index contributed by atoms with van der Waals surface area (Å²) < 4.78 is 5.73. The lowest BCUT2D eigenvalue weighted by atomic mass is 9.91. The van der Waals surface area contributed by atoms with E-state index in [1.807, 2.05) is 24.3 Å². The van der Waals surface area contributed by atoms with Crippen LogP contribution < -0.4 is 5.46 Å². The molecule has 1 nitrogen and oxygen atoms in total. The van der Waals surface area contributed by atoms with Crippen LogP contribution in [0.15, 0.2) is 40.8 Å². The molecule has 1 aromatic heterocycles. The molecule has 2 heteroatoms. The molecule has 0 fully saturated rings. The minimum atomic E-state index is 0.773. The van der Waals surface area contributed by atoms with E-state index in [9.17, 15) is 0 Å². The van der Waals surface area contributed by atoms with Crippen LogP contribution in [-0.4, -0.2) is 7.85 Å². The highest BCUT2D eigenvalue weighted by atomic mass is 16.3. The van der Waals surface area contributed by atoms with E-state index in [0.29, 0.717) is 0 Å². The van der Waals surface area contributed by atoms with E-state index in [0.717, 1.165) is 27.4 Å². The van der Waals surface area contributed by atoms with Crippen LogP contribution in [0.3, 0.4) is 0 Å². The Morgan fingerprint density at radius 3 is 2.80 bits per heavy atom. The molecule has 3 rings (SSSR count). The van der Waals surface area contributed by atoms with E-state index in [1.165, 1.54) is 5.56 Å². The molecule has 0 aliphatic heterocycles. The molecule has 0 saturated heterocycles. The number of benzene rings is 2. The van der Waals surface area contributed by atoms with Gasteiger partial charge in [-0.1, -0.05) is 29.7 Å².